The second-order valence-electron chi connectivity index (χ2n) is 1.93. The number of nitrogens with two attached hydrogens (primary N) is 3. The molecule has 0 aromatic carbocycles. The van der Waals surface area contributed by atoms with E-state index in [0.29, 0.717) is 13.2 Å². The second kappa shape index (κ2) is 5.16. The van der Waals surface area contributed by atoms with E-state index >= 15 is 0 Å². The molecule has 0 bridgehead atoms. The Morgan fingerprint density at radius 2 is 2.20 bits per heavy atom. The summed E-state index contributed by atoms with van der Waals surface area (Å²) in [5.41, 5.74) is 15.5. The molecule has 0 heterocycles. The van der Waals surface area contributed by atoms with E-state index in [-0.39, 0.29) is 12.4 Å². The summed E-state index contributed by atoms with van der Waals surface area (Å²) < 4.78 is 4.94. The molecular weight excluding hydrogens is 132 g/mol. The van der Waals surface area contributed by atoms with Crippen molar-refractivity contribution >= 4 is 5.84 Å². The minimum atomic E-state index is -0.494. The molecule has 1 atom stereocenters. The lowest BCUT2D eigenvalue weighted by Gasteiger charge is -2.08. The summed E-state index contributed by atoms with van der Waals surface area (Å²) in [5, 5.41) is 6.88. The Hall–Kier alpha value is -0.650. The zero-order chi connectivity index (χ0) is 7.98. The minimum absolute atomic E-state index is 0.0583. The van der Waals surface area contributed by atoms with Gasteiger partial charge in [0.2, 0.25) is 0 Å². The van der Waals surface area contributed by atoms with Gasteiger partial charge in [-0.05, 0) is 0 Å². The van der Waals surface area contributed by atoms with Crippen molar-refractivity contribution in [3.05, 3.63) is 0 Å². The van der Waals surface area contributed by atoms with Gasteiger partial charge in [0, 0.05) is 6.54 Å². The number of nitrogens with one attached hydrogen (secondary N) is 1. The third-order valence-electron chi connectivity index (χ3n) is 0.959. The van der Waals surface area contributed by atoms with E-state index in [2.05, 4.69) is 0 Å². The van der Waals surface area contributed by atoms with Crippen LogP contribution < -0.4 is 17.2 Å². The van der Waals surface area contributed by atoms with Crippen LogP contribution in [0.2, 0.25) is 0 Å². The fourth-order valence-electron chi connectivity index (χ4n) is 0.383. The van der Waals surface area contributed by atoms with Crippen LogP contribution in [0.5, 0.6) is 0 Å². The number of hydrogen-bond acceptors (Lipinski definition) is 4. The fourth-order valence-corrected chi connectivity index (χ4v) is 0.383. The van der Waals surface area contributed by atoms with Crippen LogP contribution in [-0.4, -0.2) is 31.6 Å². The van der Waals surface area contributed by atoms with Crippen LogP contribution in [0.4, 0.5) is 0 Å². The monoisotopic (exact) mass is 146 g/mol. The molecule has 0 spiro atoms. The van der Waals surface area contributed by atoms with Crippen LogP contribution in [0, 0.1) is 5.41 Å². The first-order valence-corrected chi connectivity index (χ1v) is 3.05. The van der Waals surface area contributed by atoms with Crippen molar-refractivity contribution < 1.29 is 4.74 Å². The lowest BCUT2D eigenvalue weighted by Crippen LogP contribution is -2.40. The Kier molecular flexibility index (Phi) is 4.82. The summed E-state index contributed by atoms with van der Waals surface area (Å²) in [6, 6.07) is -0.494. The molecule has 7 N–H and O–H groups in total. The summed E-state index contributed by atoms with van der Waals surface area (Å²) in [5.74, 6) is -0.0583. The Balaban J connectivity index is 3.21. The number of amidine groups is 1. The maximum absolute atomic E-state index is 6.88. The van der Waals surface area contributed by atoms with Gasteiger partial charge in [-0.2, -0.15) is 0 Å². The highest BCUT2D eigenvalue weighted by molar-refractivity contribution is 5.82. The van der Waals surface area contributed by atoms with Crippen molar-refractivity contribution in [1.29, 1.82) is 5.41 Å². The zero-order valence-electron chi connectivity index (χ0n) is 5.84. The zero-order valence-corrected chi connectivity index (χ0v) is 5.84. The largest absolute Gasteiger partial charge is 0.386 e. The lowest BCUT2D eigenvalue weighted by molar-refractivity contribution is 0.139. The normalized spacial score (nSPS) is 13.0. The molecule has 0 radical (unpaired) electrons. The van der Waals surface area contributed by atoms with Crippen molar-refractivity contribution in [2.75, 3.05) is 19.8 Å². The summed E-state index contributed by atoms with van der Waals surface area (Å²) in [7, 11) is 0. The highest BCUT2D eigenvalue weighted by Gasteiger charge is 2.03. The van der Waals surface area contributed by atoms with Crippen molar-refractivity contribution in [3.8, 4) is 0 Å². The summed E-state index contributed by atoms with van der Waals surface area (Å²) in [6.45, 7) is 1.19. The van der Waals surface area contributed by atoms with Gasteiger partial charge in [0.15, 0.2) is 0 Å². The first-order chi connectivity index (χ1) is 4.68. The second-order valence-corrected chi connectivity index (χ2v) is 1.93. The highest BCUT2D eigenvalue weighted by atomic mass is 16.5. The van der Waals surface area contributed by atoms with Gasteiger partial charge in [-0.15, -0.1) is 0 Å². The Bertz CT molecular complexity index is 106. The van der Waals surface area contributed by atoms with E-state index in [9.17, 15) is 0 Å². The molecule has 60 valence electrons. The minimum Gasteiger partial charge on any atom is -0.386 e. The molecule has 0 aromatic rings. The van der Waals surface area contributed by atoms with Gasteiger partial charge in [0.05, 0.1) is 19.3 Å². The maximum Gasteiger partial charge on any atom is 0.110 e. The summed E-state index contributed by atoms with van der Waals surface area (Å²) in [6.07, 6.45) is 0. The molecule has 0 saturated heterocycles. The maximum atomic E-state index is 6.88. The lowest BCUT2D eigenvalue weighted by atomic mass is 10.3. The van der Waals surface area contributed by atoms with Gasteiger partial charge in [-0.1, -0.05) is 0 Å². The van der Waals surface area contributed by atoms with Crippen molar-refractivity contribution in [2.24, 2.45) is 17.2 Å². The van der Waals surface area contributed by atoms with E-state index < -0.39 is 6.04 Å². The quantitative estimate of drug-likeness (QED) is 0.209. The molecule has 0 saturated carbocycles. The van der Waals surface area contributed by atoms with E-state index in [0.717, 1.165) is 0 Å². The summed E-state index contributed by atoms with van der Waals surface area (Å²) in [4.78, 5) is 0. The van der Waals surface area contributed by atoms with Gasteiger partial charge >= 0.3 is 0 Å². The molecule has 0 aliphatic rings. The molecular formula is C5H14N4O. The van der Waals surface area contributed by atoms with Gasteiger partial charge in [-0.25, -0.2) is 0 Å². The smallest absolute Gasteiger partial charge is 0.110 e. The predicted octanol–water partition coefficient (Wildman–Crippen LogP) is -1.78. The van der Waals surface area contributed by atoms with Crippen LogP contribution in [0.25, 0.3) is 0 Å². The molecule has 0 aromatic heterocycles. The Morgan fingerprint density at radius 3 is 2.60 bits per heavy atom. The molecule has 5 heteroatoms. The van der Waals surface area contributed by atoms with Crippen LogP contribution in [0.15, 0.2) is 0 Å². The van der Waals surface area contributed by atoms with Crippen LogP contribution in [0.1, 0.15) is 0 Å². The fraction of sp³-hybridized carbons (Fsp3) is 0.800. The van der Waals surface area contributed by atoms with E-state index in [4.69, 9.17) is 27.3 Å². The molecule has 0 fully saturated rings. The molecule has 0 amide bonds. The molecule has 5 nitrogen and oxygen atoms in total. The average Bonchev–Trinajstić information content (AvgIpc) is 1.88. The van der Waals surface area contributed by atoms with Crippen LogP contribution in [0.3, 0.4) is 0 Å². The van der Waals surface area contributed by atoms with Crippen LogP contribution in [-0.2, 0) is 4.74 Å². The van der Waals surface area contributed by atoms with Gasteiger partial charge < -0.3 is 21.9 Å². The topological polar surface area (TPSA) is 111 Å². The van der Waals surface area contributed by atoms with E-state index in [1.807, 2.05) is 0 Å². The number of hydrogen-bond donors (Lipinski definition) is 4. The Labute approximate surface area is 60.0 Å². The van der Waals surface area contributed by atoms with Gasteiger partial charge in [0.25, 0.3) is 0 Å². The van der Waals surface area contributed by atoms with E-state index in [1.54, 1.807) is 0 Å². The van der Waals surface area contributed by atoms with Gasteiger partial charge in [-0.3, -0.25) is 5.41 Å². The first kappa shape index (κ1) is 9.35. The Morgan fingerprint density at radius 1 is 1.60 bits per heavy atom. The van der Waals surface area contributed by atoms with Gasteiger partial charge in [0.1, 0.15) is 5.84 Å². The summed E-state index contributed by atoms with van der Waals surface area (Å²) >= 11 is 0. The third-order valence-corrected chi connectivity index (χ3v) is 0.959. The van der Waals surface area contributed by atoms with Crippen molar-refractivity contribution in [1.82, 2.24) is 0 Å². The molecule has 10 heavy (non-hydrogen) atoms. The van der Waals surface area contributed by atoms with E-state index in [1.165, 1.54) is 0 Å². The van der Waals surface area contributed by atoms with Crippen molar-refractivity contribution in [3.63, 3.8) is 0 Å². The van der Waals surface area contributed by atoms with Crippen molar-refractivity contribution in [2.45, 2.75) is 6.04 Å². The average molecular weight is 146 g/mol. The number of ether oxygens (including phenoxy) is 1. The predicted molar refractivity (Wildman–Crippen MR) is 39.8 cm³/mol. The van der Waals surface area contributed by atoms with Crippen LogP contribution >= 0.6 is 0 Å². The molecule has 0 aliphatic heterocycles. The standard InChI is InChI=1S/C5H14N4O/c6-1-2-10-3-4(7)5(8)9/h4H,1-3,6-7H2,(H3,8,9). The molecule has 0 rings (SSSR count). The number of rotatable bonds is 5. The first-order valence-electron chi connectivity index (χ1n) is 3.05. The SMILES string of the molecule is N=C(N)C(N)COCCN. The molecule has 1 unspecified atom stereocenters. The highest BCUT2D eigenvalue weighted by Crippen LogP contribution is 1.79. The third kappa shape index (κ3) is 4.25. The molecule has 0 aliphatic carbocycles.